The van der Waals surface area contributed by atoms with Gasteiger partial charge >= 0.3 is 0 Å². The van der Waals surface area contributed by atoms with Crippen LogP contribution in [0, 0.1) is 19.8 Å². The summed E-state index contributed by atoms with van der Waals surface area (Å²) in [6.45, 7) is 11.4. The molecule has 0 amide bonds. The molecule has 20 heavy (non-hydrogen) atoms. The SMILES string of the molecule is Cc1cc(C)n(Cc2ccc(CNCC(C)C)cc2)n1. The molecule has 0 aliphatic rings. The Morgan fingerprint density at radius 1 is 1.10 bits per heavy atom. The second-order valence-electron chi connectivity index (χ2n) is 5.93. The number of nitrogens with one attached hydrogen (secondary N) is 1. The van der Waals surface area contributed by atoms with E-state index in [2.05, 4.69) is 66.2 Å². The zero-order chi connectivity index (χ0) is 14.5. The fourth-order valence-electron chi connectivity index (χ4n) is 2.28. The first kappa shape index (κ1) is 14.8. The zero-order valence-corrected chi connectivity index (χ0v) is 13.0. The van der Waals surface area contributed by atoms with Gasteiger partial charge in [-0.15, -0.1) is 0 Å². The topological polar surface area (TPSA) is 29.9 Å². The molecule has 1 N–H and O–H groups in total. The van der Waals surface area contributed by atoms with Crippen molar-refractivity contribution in [3.8, 4) is 0 Å². The highest BCUT2D eigenvalue weighted by molar-refractivity contribution is 5.23. The van der Waals surface area contributed by atoms with Crippen LogP contribution in [0.15, 0.2) is 30.3 Å². The van der Waals surface area contributed by atoms with Gasteiger partial charge in [-0.2, -0.15) is 5.10 Å². The monoisotopic (exact) mass is 271 g/mol. The van der Waals surface area contributed by atoms with E-state index in [1.165, 1.54) is 16.8 Å². The molecule has 1 aromatic heterocycles. The lowest BCUT2D eigenvalue weighted by Gasteiger charge is -2.09. The van der Waals surface area contributed by atoms with Gasteiger partial charge in [0, 0.05) is 12.2 Å². The molecule has 0 aliphatic heterocycles. The van der Waals surface area contributed by atoms with Crippen LogP contribution in [0.2, 0.25) is 0 Å². The summed E-state index contributed by atoms with van der Waals surface area (Å²) in [6, 6.07) is 10.9. The molecular weight excluding hydrogens is 246 g/mol. The Morgan fingerprint density at radius 2 is 1.75 bits per heavy atom. The fourth-order valence-corrected chi connectivity index (χ4v) is 2.28. The minimum atomic E-state index is 0.695. The van der Waals surface area contributed by atoms with Crippen LogP contribution < -0.4 is 5.32 Å². The number of hydrogen-bond donors (Lipinski definition) is 1. The van der Waals surface area contributed by atoms with Gasteiger partial charge in [-0.05, 0) is 43.5 Å². The minimum absolute atomic E-state index is 0.695. The molecule has 0 saturated heterocycles. The molecule has 2 rings (SSSR count). The smallest absolute Gasteiger partial charge is 0.0662 e. The Morgan fingerprint density at radius 3 is 2.30 bits per heavy atom. The molecule has 0 saturated carbocycles. The van der Waals surface area contributed by atoms with Gasteiger partial charge < -0.3 is 5.32 Å². The molecule has 3 heteroatoms. The maximum absolute atomic E-state index is 4.50. The summed E-state index contributed by atoms with van der Waals surface area (Å²) < 4.78 is 2.06. The van der Waals surface area contributed by atoms with Crippen molar-refractivity contribution in [2.24, 2.45) is 5.92 Å². The highest BCUT2D eigenvalue weighted by atomic mass is 15.3. The lowest BCUT2D eigenvalue weighted by atomic mass is 10.1. The molecular formula is C17H25N3. The summed E-state index contributed by atoms with van der Waals surface area (Å²) in [6.07, 6.45) is 0. The summed E-state index contributed by atoms with van der Waals surface area (Å²) >= 11 is 0. The molecule has 0 aliphatic carbocycles. The van der Waals surface area contributed by atoms with Crippen molar-refractivity contribution in [2.45, 2.75) is 40.8 Å². The molecule has 3 nitrogen and oxygen atoms in total. The highest BCUT2D eigenvalue weighted by Gasteiger charge is 2.02. The van der Waals surface area contributed by atoms with Gasteiger partial charge in [0.2, 0.25) is 0 Å². The predicted molar refractivity (Wildman–Crippen MR) is 83.8 cm³/mol. The highest BCUT2D eigenvalue weighted by Crippen LogP contribution is 2.09. The number of benzene rings is 1. The van der Waals surface area contributed by atoms with E-state index in [-0.39, 0.29) is 0 Å². The van der Waals surface area contributed by atoms with Crippen LogP contribution in [-0.2, 0) is 13.1 Å². The van der Waals surface area contributed by atoms with Crippen molar-refractivity contribution in [1.82, 2.24) is 15.1 Å². The number of aromatic nitrogens is 2. The summed E-state index contributed by atoms with van der Waals surface area (Å²) in [5.74, 6) is 0.695. The van der Waals surface area contributed by atoms with E-state index in [4.69, 9.17) is 0 Å². The average molecular weight is 271 g/mol. The largest absolute Gasteiger partial charge is 0.312 e. The van der Waals surface area contributed by atoms with E-state index >= 15 is 0 Å². The van der Waals surface area contributed by atoms with Crippen LogP contribution in [0.4, 0.5) is 0 Å². The van der Waals surface area contributed by atoms with E-state index in [0.717, 1.165) is 25.3 Å². The standard InChI is InChI=1S/C17H25N3/c1-13(2)10-18-11-16-5-7-17(8-6-16)12-20-15(4)9-14(3)19-20/h5-9,13,18H,10-12H2,1-4H3. The summed E-state index contributed by atoms with van der Waals surface area (Å²) in [5.41, 5.74) is 4.92. The van der Waals surface area contributed by atoms with E-state index in [1.54, 1.807) is 0 Å². The number of hydrogen-bond acceptors (Lipinski definition) is 2. The Hall–Kier alpha value is -1.61. The van der Waals surface area contributed by atoms with Crippen LogP contribution >= 0.6 is 0 Å². The van der Waals surface area contributed by atoms with Gasteiger partial charge in [0.25, 0.3) is 0 Å². The average Bonchev–Trinajstić information content (AvgIpc) is 2.69. The van der Waals surface area contributed by atoms with Crippen LogP contribution in [0.1, 0.15) is 36.4 Å². The first-order valence-electron chi connectivity index (χ1n) is 7.34. The van der Waals surface area contributed by atoms with Crippen molar-refractivity contribution in [1.29, 1.82) is 0 Å². The van der Waals surface area contributed by atoms with Gasteiger partial charge in [0.1, 0.15) is 0 Å². The summed E-state index contributed by atoms with van der Waals surface area (Å²) in [7, 11) is 0. The molecule has 0 unspecified atom stereocenters. The minimum Gasteiger partial charge on any atom is -0.312 e. The van der Waals surface area contributed by atoms with E-state index in [9.17, 15) is 0 Å². The summed E-state index contributed by atoms with van der Waals surface area (Å²) in [4.78, 5) is 0. The van der Waals surface area contributed by atoms with Gasteiger partial charge in [-0.1, -0.05) is 38.1 Å². The predicted octanol–water partition coefficient (Wildman–Crippen LogP) is 3.29. The molecule has 1 aromatic carbocycles. The Bertz CT molecular complexity index is 538. The van der Waals surface area contributed by atoms with Crippen molar-refractivity contribution < 1.29 is 0 Å². The van der Waals surface area contributed by atoms with E-state index in [0.29, 0.717) is 5.92 Å². The van der Waals surface area contributed by atoms with Crippen molar-refractivity contribution in [2.75, 3.05) is 6.54 Å². The molecule has 1 heterocycles. The fraction of sp³-hybridized carbons (Fsp3) is 0.471. The summed E-state index contributed by atoms with van der Waals surface area (Å²) in [5, 5.41) is 7.97. The maximum atomic E-state index is 4.50. The second kappa shape index (κ2) is 6.71. The molecule has 0 radical (unpaired) electrons. The first-order chi connectivity index (χ1) is 9.54. The first-order valence-corrected chi connectivity index (χ1v) is 7.34. The van der Waals surface area contributed by atoms with Crippen LogP contribution in [0.3, 0.4) is 0 Å². The zero-order valence-electron chi connectivity index (χ0n) is 13.0. The Kier molecular flexibility index (Phi) is 4.96. The Balaban J connectivity index is 1.93. The molecule has 2 aromatic rings. The molecule has 0 atom stereocenters. The van der Waals surface area contributed by atoms with Crippen LogP contribution in [0.25, 0.3) is 0 Å². The maximum Gasteiger partial charge on any atom is 0.0662 e. The van der Waals surface area contributed by atoms with Gasteiger partial charge in [-0.3, -0.25) is 4.68 Å². The normalized spacial score (nSPS) is 11.2. The lowest BCUT2D eigenvalue weighted by Crippen LogP contribution is -2.18. The van der Waals surface area contributed by atoms with Gasteiger partial charge in [0.05, 0.1) is 12.2 Å². The number of nitrogens with zero attached hydrogens (tertiary/aromatic N) is 2. The van der Waals surface area contributed by atoms with E-state index < -0.39 is 0 Å². The quantitative estimate of drug-likeness (QED) is 0.873. The van der Waals surface area contributed by atoms with Crippen molar-refractivity contribution >= 4 is 0 Å². The Labute approximate surface area is 122 Å². The van der Waals surface area contributed by atoms with Gasteiger partial charge in [-0.25, -0.2) is 0 Å². The van der Waals surface area contributed by atoms with Gasteiger partial charge in [0.15, 0.2) is 0 Å². The van der Waals surface area contributed by atoms with E-state index in [1.807, 2.05) is 6.92 Å². The molecule has 0 fully saturated rings. The molecule has 0 bridgehead atoms. The third kappa shape index (κ3) is 4.20. The number of rotatable bonds is 6. The lowest BCUT2D eigenvalue weighted by molar-refractivity contribution is 0.552. The van der Waals surface area contributed by atoms with Crippen molar-refractivity contribution in [3.63, 3.8) is 0 Å². The molecule has 0 spiro atoms. The second-order valence-corrected chi connectivity index (χ2v) is 5.93. The van der Waals surface area contributed by atoms with Crippen LogP contribution in [-0.4, -0.2) is 16.3 Å². The number of aryl methyl sites for hydroxylation is 2. The third-order valence-corrected chi connectivity index (χ3v) is 3.34. The van der Waals surface area contributed by atoms with Crippen molar-refractivity contribution in [3.05, 3.63) is 52.8 Å². The molecule has 108 valence electrons. The van der Waals surface area contributed by atoms with Crippen LogP contribution in [0.5, 0.6) is 0 Å². The third-order valence-electron chi connectivity index (χ3n) is 3.34.